The van der Waals surface area contributed by atoms with E-state index in [1.165, 1.54) is 27.8 Å². The van der Waals surface area contributed by atoms with Crippen LogP contribution in [0.3, 0.4) is 0 Å². The second kappa shape index (κ2) is 3.61. The number of rotatable bonds is 2. The van der Waals surface area contributed by atoms with Crippen molar-refractivity contribution in [2.45, 2.75) is 33.7 Å². The van der Waals surface area contributed by atoms with Crippen molar-refractivity contribution in [3.8, 4) is 0 Å². The van der Waals surface area contributed by atoms with Gasteiger partial charge in [-0.15, -0.1) is 0 Å². The summed E-state index contributed by atoms with van der Waals surface area (Å²) in [7, 11) is 0. The van der Waals surface area contributed by atoms with Crippen molar-refractivity contribution in [1.29, 1.82) is 0 Å². The number of benzene rings is 1. The molecule has 2 nitrogen and oxygen atoms in total. The molecule has 0 spiro atoms. The fourth-order valence-electron chi connectivity index (χ4n) is 1.88. The largest absolute Gasteiger partial charge is 0.383 e. The number of aromatic amines is 1. The number of hydrogen-bond donors (Lipinski definition) is 2. The summed E-state index contributed by atoms with van der Waals surface area (Å²) in [6, 6.07) is 6.95. The van der Waals surface area contributed by atoms with Gasteiger partial charge < -0.3 is 10.3 Å². The fourth-order valence-corrected chi connectivity index (χ4v) is 1.88. The van der Waals surface area contributed by atoms with Gasteiger partial charge in [-0.25, -0.2) is 0 Å². The molecule has 15 heavy (non-hydrogen) atoms. The Balaban J connectivity index is 2.49. The normalized spacial score (nSPS) is 11.3. The van der Waals surface area contributed by atoms with Gasteiger partial charge in [0.15, 0.2) is 0 Å². The average Bonchev–Trinajstić information content (AvgIpc) is 2.43. The second-order valence-electron chi connectivity index (χ2n) is 4.43. The standard InChI is InChI=1S/C13H18N2/c1-8(2)14-11-5-6-13-12(7-11)9(3)10(4)15-13/h5-8,14-15H,1-4H3. The lowest BCUT2D eigenvalue weighted by molar-refractivity contribution is 0.900. The van der Waals surface area contributed by atoms with Crippen molar-refractivity contribution < 1.29 is 0 Å². The Bertz CT molecular complexity index is 480. The lowest BCUT2D eigenvalue weighted by atomic mass is 10.1. The van der Waals surface area contributed by atoms with Crippen molar-refractivity contribution in [1.82, 2.24) is 4.98 Å². The van der Waals surface area contributed by atoms with Gasteiger partial charge in [-0.1, -0.05) is 0 Å². The molecule has 0 bridgehead atoms. The van der Waals surface area contributed by atoms with Gasteiger partial charge in [-0.2, -0.15) is 0 Å². The molecule has 0 aliphatic rings. The molecule has 0 fully saturated rings. The summed E-state index contributed by atoms with van der Waals surface area (Å²) >= 11 is 0. The number of hydrogen-bond acceptors (Lipinski definition) is 1. The van der Waals surface area contributed by atoms with Gasteiger partial charge in [-0.3, -0.25) is 0 Å². The second-order valence-corrected chi connectivity index (χ2v) is 4.43. The monoisotopic (exact) mass is 202 g/mol. The smallest absolute Gasteiger partial charge is 0.0460 e. The van der Waals surface area contributed by atoms with E-state index in [0.717, 1.165) is 0 Å². The van der Waals surface area contributed by atoms with Gasteiger partial charge >= 0.3 is 0 Å². The Morgan fingerprint density at radius 2 is 1.93 bits per heavy atom. The predicted octanol–water partition coefficient (Wildman–Crippen LogP) is 3.61. The van der Waals surface area contributed by atoms with E-state index in [1.807, 2.05) is 0 Å². The Morgan fingerprint density at radius 1 is 1.20 bits per heavy atom. The van der Waals surface area contributed by atoms with Crippen LogP contribution in [0.4, 0.5) is 5.69 Å². The summed E-state index contributed by atoms with van der Waals surface area (Å²) in [5.41, 5.74) is 5.02. The van der Waals surface area contributed by atoms with Gasteiger partial charge in [-0.05, 0) is 51.5 Å². The molecule has 2 N–H and O–H groups in total. The van der Waals surface area contributed by atoms with E-state index >= 15 is 0 Å². The molecule has 0 radical (unpaired) electrons. The molecule has 1 aromatic heterocycles. The van der Waals surface area contributed by atoms with E-state index in [9.17, 15) is 0 Å². The van der Waals surface area contributed by atoms with Crippen LogP contribution in [0.5, 0.6) is 0 Å². The zero-order chi connectivity index (χ0) is 11.0. The first-order valence-electron chi connectivity index (χ1n) is 5.43. The summed E-state index contributed by atoms with van der Waals surface area (Å²) in [6.45, 7) is 8.58. The maximum atomic E-state index is 3.42. The van der Waals surface area contributed by atoms with Crippen molar-refractivity contribution in [2.24, 2.45) is 0 Å². The Morgan fingerprint density at radius 3 is 2.60 bits per heavy atom. The molecule has 2 aromatic rings. The number of fused-ring (bicyclic) bond motifs is 1. The van der Waals surface area contributed by atoms with Crippen LogP contribution < -0.4 is 5.32 Å². The van der Waals surface area contributed by atoms with Crippen LogP contribution in [0.15, 0.2) is 18.2 Å². The summed E-state index contributed by atoms with van der Waals surface area (Å²) in [6.07, 6.45) is 0. The van der Waals surface area contributed by atoms with Crippen molar-refractivity contribution in [3.05, 3.63) is 29.5 Å². The molecule has 1 heterocycles. The quantitative estimate of drug-likeness (QED) is 0.765. The van der Waals surface area contributed by atoms with Crippen LogP contribution in [0, 0.1) is 13.8 Å². The molecular weight excluding hydrogens is 184 g/mol. The molecule has 1 aromatic carbocycles. The maximum Gasteiger partial charge on any atom is 0.0460 e. The van der Waals surface area contributed by atoms with Crippen molar-refractivity contribution in [2.75, 3.05) is 5.32 Å². The molecule has 2 heteroatoms. The number of nitrogens with one attached hydrogen (secondary N) is 2. The highest BCUT2D eigenvalue weighted by Gasteiger charge is 2.04. The minimum atomic E-state index is 0.475. The minimum Gasteiger partial charge on any atom is -0.383 e. The molecule has 0 unspecified atom stereocenters. The summed E-state index contributed by atoms with van der Waals surface area (Å²) in [4.78, 5) is 3.38. The van der Waals surface area contributed by atoms with Gasteiger partial charge in [0.2, 0.25) is 0 Å². The third-order valence-corrected chi connectivity index (χ3v) is 2.76. The van der Waals surface area contributed by atoms with Crippen LogP contribution >= 0.6 is 0 Å². The molecular formula is C13H18N2. The maximum absolute atomic E-state index is 3.42. The minimum absolute atomic E-state index is 0.475. The van der Waals surface area contributed by atoms with E-state index in [2.05, 4.69) is 56.2 Å². The highest BCUT2D eigenvalue weighted by molar-refractivity contribution is 5.87. The zero-order valence-electron chi connectivity index (χ0n) is 9.81. The first-order valence-corrected chi connectivity index (χ1v) is 5.43. The fraction of sp³-hybridized carbons (Fsp3) is 0.385. The van der Waals surface area contributed by atoms with Crippen LogP contribution in [-0.2, 0) is 0 Å². The third kappa shape index (κ3) is 1.84. The Kier molecular flexibility index (Phi) is 2.43. The molecule has 80 valence electrons. The predicted molar refractivity (Wildman–Crippen MR) is 66.5 cm³/mol. The van der Waals surface area contributed by atoms with E-state index in [0.29, 0.717) is 6.04 Å². The number of anilines is 1. The lowest BCUT2D eigenvalue weighted by Crippen LogP contribution is -2.09. The lowest BCUT2D eigenvalue weighted by Gasteiger charge is -2.09. The van der Waals surface area contributed by atoms with Gasteiger partial charge in [0.1, 0.15) is 0 Å². The van der Waals surface area contributed by atoms with Crippen LogP contribution in [0.2, 0.25) is 0 Å². The van der Waals surface area contributed by atoms with Gasteiger partial charge in [0.05, 0.1) is 0 Å². The molecule has 2 rings (SSSR count). The van der Waals surface area contributed by atoms with E-state index in [4.69, 9.17) is 0 Å². The molecule has 0 saturated heterocycles. The number of H-pyrrole nitrogens is 1. The highest BCUT2D eigenvalue weighted by Crippen LogP contribution is 2.24. The number of aryl methyl sites for hydroxylation is 2. The highest BCUT2D eigenvalue weighted by atomic mass is 14.9. The topological polar surface area (TPSA) is 27.8 Å². The molecule has 0 amide bonds. The van der Waals surface area contributed by atoms with Crippen LogP contribution in [-0.4, -0.2) is 11.0 Å². The van der Waals surface area contributed by atoms with E-state index in [1.54, 1.807) is 0 Å². The average molecular weight is 202 g/mol. The molecule has 0 atom stereocenters. The Hall–Kier alpha value is -1.44. The van der Waals surface area contributed by atoms with Crippen molar-refractivity contribution >= 4 is 16.6 Å². The van der Waals surface area contributed by atoms with E-state index in [-0.39, 0.29) is 0 Å². The summed E-state index contributed by atoms with van der Waals surface area (Å²) in [5, 5.41) is 4.74. The summed E-state index contributed by atoms with van der Waals surface area (Å²) < 4.78 is 0. The Labute approximate surface area is 90.7 Å². The summed E-state index contributed by atoms with van der Waals surface area (Å²) in [5.74, 6) is 0. The molecule has 0 aliphatic carbocycles. The van der Waals surface area contributed by atoms with Crippen LogP contribution in [0.1, 0.15) is 25.1 Å². The SMILES string of the molecule is Cc1[nH]c2ccc(NC(C)C)cc2c1C. The first-order chi connectivity index (χ1) is 7.08. The zero-order valence-corrected chi connectivity index (χ0v) is 9.81. The van der Waals surface area contributed by atoms with Gasteiger partial charge in [0, 0.05) is 28.3 Å². The molecule has 0 saturated carbocycles. The van der Waals surface area contributed by atoms with E-state index < -0.39 is 0 Å². The van der Waals surface area contributed by atoms with Crippen LogP contribution in [0.25, 0.3) is 10.9 Å². The number of aromatic nitrogens is 1. The van der Waals surface area contributed by atoms with Gasteiger partial charge in [0.25, 0.3) is 0 Å². The third-order valence-electron chi connectivity index (χ3n) is 2.76. The first kappa shape index (κ1) is 10.1. The molecule has 0 aliphatic heterocycles. The van der Waals surface area contributed by atoms with Crippen molar-refractivity contribution in [3.63, 3.8) is 0 Å².